The molecule has 0 fully saturated rings. The van der Waals surface area contributed by atoms with Gasteiger partial charge in [-0.1, -0.05) is 5.16 Å². The third-order valence-corrected chi connectivity index (χ3v) is 2.12. The van der Waals surface area contributed by atoms with Crippen molar-refractivity contribution in [3.8, 4) is 5.75 Å². The van der Waals surface area contributed by atoms with E-state index in [1.165, 1.54) is 6.21 Å². The number of fused-ring (bicyclic) bond motifs is 1. The van der Waals surface area contributed by atoms with Crippen LogP contribution in [-0.2, 0) is 0 Å². The maximum atomic E-state index is 8.43. The Bertz CT molecular complexity index is 474. The van der Waals surface area contributed by atoms with Crippen molar-refractivity contribution >= 4 is 17.1 Å². The summed E-state index contributed by atoms with van der Waals surface area (Å²) in [7, 11) is 1.63. The van der Waals surface area contributed by atoms with Gasteiger partial charge in [0.2, 0.25) is 0 Å². The van der Waals surface area contributed by atoms with Crippen molar-refractivity contribution in [2.45, 2.75) is 0 Å². The predicted molar refractivity (Wildman–Crippen MR) is 54.2 cm³/mol. The summed E-state index contributed by atoms with van der Waals surface area (Å²) < 4.78 is 5.09. The number of rotatable bonds is 2. The van der Waals surface area contributed by atoms with Gasteiger partial charge in [-0.15, -0.1) is 0 Å². The molecule has 0 spiro atoms. The first-order valence-electron chi connectivity index (χ1n) is 4.17. The van der Waals surface area contributed by atoms with E-state index in [9.17, 15) is 0 Å². The smallest absolute Gasteiger partial charge is 0.120 e. The van der Waals surface area contributed by atoms with Gasteiger partial charge >= 0.3 is 0 Å². The molecule has 14 heavy (non-hydrogen) atoms. The van der Waals surface area contributed by atoms with Crippen LogP contribution in [0.3, 0.4) is 0 Å². The summed E-state index contributed by atoms with van der Waals surface area (Å²) in [5, 5.41) is 12.4. The summed E-state index contributed by atoms with van der Waals surface area (Å²) in [4.78, 5) is 3.07. The number of oxime groups is 1. The van der Waals surface area contributed by atoms with Crippen LogP contribution in [-0.4, -0.2) is 23.5 Å². The van der Waals surface area contributed by atoms with Crippen LogP contribution in [0.25, 0.3) is 10.9 Å². The van der Waals surface area contributed by atoms with E-state index in [0.717, 1.165) is 22.2 Å². The topological polar surface area (TPSA) is 57.6 Å². The van der Waals surface area contributed by atoms with E-state index < -0.39 is 0 Å². The SMILES string of the molecule is COc1ccc2c(C=NO)c[nH]c2c1. The van der Waals surface area contributed by atoms with Crippen molar-refractivity contribution in [3.63, 3.8) is 0 Å². The fourth-order valence-corrected chi connectivity index (χ4v) is 1.42. The third-order valence-electron chi connectivity index (χ3n) is 2.12. The van der Waals surface area contributed by atoms with E-state index in [4.69, 9.17) is 9.94 Å². The van der Waals surface area contributed by atoms with Crippen LogP contribution >= 0.6 is 0 Å². The van der Waals surface area contributed by atoms with Gasteiger partial charge in [-0.2, -0.15) is 0 Å². The lowest BCUT2D eigenvalue weighted by molar-refractivity contribution is 0.322. The van der Waals surface area contributed by atoms with Crippen LogP contribution < -0.4 is 4.74 Å². The van der Waals surface area contributed by atoms with Gasteiger partial charge in [0.1, 0.15) is 5.75 Å². The molecule has 2 N–H and O–H groups in total. The van der Waals surface area contributed by atoms with Crippen LogP contribution in [0.2, 0.25) is 0 Å². The van der Waals surface area contributed by atoms with E-state index in [1.807, 2.05) is 18.2 Å². The Hall–Kier alpha value is -1.97. The Morgan fingerprint density at radius 2 is 2.36 bits per heavy atom. The number of aromatic amines is 1. The summed E-state index contributed by atoms with van der Waals surface area (Å²) in [6.45, 7) is 0. The number of nitrogens with one attached hydrogen (secondary N) is 1. The molecule has 0 aliphatic rings. The highest BCUT2D eigenvalue weighted by Crippen LogP contribution is 2.21. The van der Waals surface area contributed by atoms with Gasteiger partial charge < -0.3 is 14.9 Å². The van der Waals surface area contributed by atoms with Crippen molar-refractivity contribution in [2.75, 3.05) is 7.11 Å². The first kappa shape index (κ1) is 8.62. The third kappa shape index (κ3) is 1.31. The normalized spacial score (nSPS) is 11.2. The number of methoxy groups -OCH3 is 1. The van der Waals surface area contributed by atoms with Gasteiger partial charge in [0.05, 0.1) is 13.3 Å². The molecule has 4 nitrogen and oxygen atoms in total. The van der Waals surface area contributed by atoms with E-state index in [1.54, 1.807) is 13.3 Å². The molecule has 1 aromatic carbocycles. The summed E-state index contributed by atoms with van der Waals surface area (Å²) >= 11 is 0. The van der Waals surface area contributed by atoms with Gasteiger partial charge in [-0.3, -0.25) is 0 Å². The summed E-state index contributed by atoms with van der Waals surface area (Å²) in [6, 6.07) is 5.68. The second kappa shape index (κ2) is 3.41. The molecule has 0 saturated carbocycles. The molecule has 2 aromatic rings. The van der Waals surface area contributed by atoms with E-state index in [2.05, 4.69) is 10.1 Å². The van der Waals surface area contributed by atoms with Crippen molar-refractivity contribution in [1.82, 2.24) is 4.98 Å². The van der Waals surface area contributed by atoms with Gasteiger partial charge in [-0.25, -0.2) is 0 Å². The number of aromatic nitrogens is 1. The standard InChI is InChI=1S/C10H10N2O2/c1-14-8-2-3-9-7(6-12-13)5-11-10(9)4-8/h2-6,11,13H,1H3. The van der Waals surface area contributed by atoms with Gasteiger partial charge in [0.15, 0.2) is 0 Å². The Morgan fingerprint density at radius 1 is 1.50 bits per heavy atom. The number of benzene rings is 1. The lowest BCUT2D eigenvalue weighted by atomic mass is 10.2. The summed E-state index contributed by atoms with van der Waals surface area (Å²) in [6.07, 6.45) is 3.18. The Labute approximate surface area is 80.8 Å². The van der Waals surface area contributed by atoms with Crippen molar-refractivity contribution in [1.29, 1.82) is 0 Å². The summed E-state index contributed by atoms with van der Waals surface area (Å²) in [5.74, 6) is 0.798. The highest BCUT2D eigenvalue weighted by Gasteiger charge is 2.02. The second-order valence-corrected chi connectivity index (χ2v) is 2.90. The maximum absolute atomic E-state index is 8.43. The molecule has 0 unspecified atom stereocenters. The van der Waals surface area contributed by atoms with E-state index >= 15 is 0 Å². The predicted octanol–water partition coefficient (Wildman–Crippen LogP) is 1.98. The lowest BCUT2D eigenvalue weighted by Crippen LogP contribution is -1.82. The number of H-pyrrole nitrogens is 1. The van der Waals surface area contributed by atoms with E-state index in [0.29, 0.717) is 0 Å². The molecule has 0 aliphatic carbocycles. The first-order chi connectivity index (χ1) is 6.85. The molecule has 0 bridgehead atoms. The molecule has 2 rings (SSSR count). The zero-order chi connectivity index (χ0) is 9.97. The fraction of sp³-hybridized carbons (Fsp3) is 0.100. The number of nitrogens with zero attached hydrogens (tertiary/aromatic N) is 1. The number of ether oxygens (including phenoxy) is 1. The minimum atomic E-state index is 0.798. The van der Waals surface area contributed by atoms with Crippen molar-refractivity contribution in [3.05, 3.63) is 30.0 Å². The Morgan fingerprint density at radius 3 is 3.07 bits per heavy atom. The Kier molecular flexibility index (Phi) is 2.10. The molecule has 4 heteroatoms. The molecule has 0 atom stereocenters. The largest absolute Gasteiger partial charge is 0.497 e. The monoisotopic (exact) mass is 190 g/mol. The second-order valence-electron chi connectivity index (χ2n) is 2.90. The van der Waals surface area contributed by atoms with E-state index in [-0.39, 0.29) is 0 Å². The highest BCUT2D eigenvalue weighted by atomic mass is 16.5. The molecule has 0 radical (unpaired) electrons. The van der Waals surface area contributed by atoms with Crippen LogP contribution in [0.1, 0.15) is 5.56 Å². The fourth-order valence-electron chi connectivity index (χ4n) is 1.42. The van der Waals surface area contributed by atoms with Gasteiger partial charge in [0, 0.05) is 28.7 Å². The number of hydrogen-bond acceptors (Lipinski definition) is 3. The van der Waals surface area contributed by atoms with Crippen LogP contribution in [0.15, 0.2) is 29.6 Å². The molecule has 1 heterocycles. The highest BCUT2D eigenvalue weighted by molar-refractivity contribution is 5.99. The quantitative estimate of drug-likeness (QED) is 0.432. The molecule has 0 saturated heterocycles. The number of hydrogen-bond donors (Lipinski definition) is 2. The van der Waals surface area contributed by atoms with Gasteiger partial charge in [-0.05, 0) is 12.1 Å². The van der Waals surface area contributed by atoms with Crippen LogP contribution in [0, 0.1) is 0 Å². The van der Waals surface area contributed by atoms with Crippen LogP contribution in [0.5, 0.6) is 5.75 Å². The van der Waals surface area contributed by atoms with Crippen LogP contribution in [0.4, 0.5) is 0 Å². The molecule has 0 amide bonds. The summed E-state index contributed by atoms with van der Waals surface area (Å²) in [5.41, 5.74) is 1.81. The van der Waals surface area contributed by atoms with Crippen molar-refractivity contribution < 1.29 is 9.94 Å². The van der Waals surface area contributed by atoms with Crippen molar-refractivity contribution in [2.24, 2.45) is 5.16 Å². The molecule has 0 aliphatic heterocycles. The zero-order valence-electron chi connectivity index (χ0n) is 7.69. The lowest BCUT2D eigenvalue weighted by Gasteiger charge is -1.98. The van der Waals surface area contributed by atoms with Gasteiger partial charge in [0.25, 0.3) is 0 Å². The molecule has 72 valence electrons. The maximum Gasteiger partial charge on any atom is 0.120 e. The zero-order valence-corrected chi connectivity index (χ0v) is 7.69. The first-order valence-corrected chi connectivity index (χ1v) is 4.17. The Balaban J connectivity index is 2.59. The minimum Gasteiger partial charge on any atom is -0.497 e. The minimum absolute atomic E-state index is 0.798. The molecular formula is C10H10N2O2. The molecular weight excluding hydrogens is 180 g/mol. The average Bonchev–Trinajstić information content (AvgIpc) is 2.61. The molecule has 1 aromatic heterocycles. The average molecular weight is 190 g/mol.